The number of hydrogen-bond donors (Lipinski definition) is 1. The molecule has 14 heavy (non-hydrogen) atoms. The standard InChI is InChI=1S/C11H14N2O/c1-3-6-12-9-4-5-11-10(7-9)13-8(2)14-11/h4-5,7,12H,3,6H2,1-2H3. The third-order valence-electron chi connectivity index (χ3n) is 2.07. The molecule has 0 atom stereocenters. The summed E-state index contributed by atoms with van der Waals surface area (Å²) in [6, 6.07) is 5.98. The highest BCUT2D eigenvalue weighted by Crippen LogP contribution is 2.19. The summed E-state index contributed by atoms with van der Waals surface area (Å²) in [5.74, 6) is 0.715. The van der Waals surface area contributed by atoms with Gasteiger partial charge in [-0.05, 0) is 24.6 Å². The molecule has 1 N–H and O–H groups in total. The molecule has 3 nitrogen and oxygen atoms in total. The van der Waals surface area contributed by atoms with Gasteiger partial charge in [-0.1, -0.05) is 6.92 Å². The summed E-state index contributed by atoms with van der Waals surface area (Å²) in [6.07, 6.45) is 1.12. The molecule has 2 aromatic rings. The van der Waals surface area contributed by atoms with Crippen LogP contribution in [0.2, 0.25) is 0 Å². The van der Waals surface area contributed by atoms with Crippen molar-refractivity contribution in [3.05, 3.63) is 24.1 Å². The number of hydrogen-bond acceptors (Lipinski definition) is 3. The molecule has 1 aromatic heterocycles. The van der Waals surface area contributed by atoms with Gasteiger partial charge in [0, 0.05) is 19.2 Å². The Labute approximate surface area is 83.1 Å². The van der Waals surface area contributed by atoms with Crippen LogP contribution in [0.4, 0.5) is 5.69 Å². The van der Waals surface area contributed by atoms with Gasteiger partial charge in [0.2, 0.25) is 0 Å². The number of rotatable bonds is 3. The second kappa shape index (κ2) is 3.70. The van der Waals surface area contributed by atoms with Gasteiger partial charge in [-0.3, -0.25) is 0 Å². The van der Waals surface area contributed by atoms with Gasteiger partial charge in [-0.2, -0.15) is 0 Å². The van der Waals surface area contributed by atoms with Crippen LogP contribution in [0.5, 0.6) is 0 Å². The Balaban J connectivity index is 2.31. The maximum Gasteiger partial charge on any atom is 0.192 e. The van der Waals surface area contributed by atoms with Crippen molar-refractivity contribution in [2.45, 2.75) is 20.3 Å². The molecule has 0 radical (unpaired) electrons. The number of anilines is 1. The lowest BCUT2D eigenvalue weighted by atomic mass is 10.3. The molecule has 0 aliphatic rings. The van der Waals surface area contributed by atoms with Crippen LogP contribution in [0.3, 0.4) is 0 Å². The van der Waals surface area contributed by atoms with Crippen molar-refractivity contribution < 1.29 is 4.42 Å². The molecule has 0 unspecified atom stereocenters. The molecule has 0 spiro atoms. The van der Waals surface area contributed by atoms with E-state index in [9.17, 15) is 0 Å². The third kappa shape index (κ3) is 1.71. The van der Waals surface area contributed by atoms with Gasteiger partial charge in [0.05, 0.1) is 0 Å². The van der Waals surface area contributed by atoms with Gasteiger partial charge >= 0.3 is 0 Å². The SMILES string of the molecule is CCCNc1ccc2oc(C)nc2c1. The van der Waals surface area contributed by atoms with Gasteiger partial charge in [0.15, 0.2) is 11.5 Å². The average molecular weight is 190 g/mol. The number of oxazole rings is 1. The summed E-state index contributed by atoms with van der Waals surface area (Å²) in [5.41, 5.74) is 2.88. The van der Waals surface area contributed by atoms with E-state index < -0.39 is 0 Å². The quantitative estimate of drug-likeness (QED) is 0.808. The number of benzene rings is 1. The van der Waals surface area contributed by atoms with Crippen molar-refractivity contribution in [3.8, 4) is 0 Å². The molecule has 0 fully saturated rings. The van der Waals surface area contributed by atoms with E-state index in [1.807, 2.05) is 25.1 Å². The maximum atomic E-state index is 5.39. The van der Waals surface area contributed by atoms with Crippen LogP contribution in [0.15, 0.2) is 22.6 Å². The van der Waals surface area contributed by atoms with E-state index in [1.54, 1.807) is 0 Å². The lowest BCUT2D eigenvalue weighted by Gasteiger charge is -2.02. The van der Waals surface area contributed by atoms with Crippen LogP contribution >= 0.6 is 0 Å². The molecule has 1 aromatic carbocycles. The monoisotopic (exact) mass is 190 g/mol. The van der Waals surface area contributed by atoms with E-state index >= 15 is 0 Å². The van der Waals surface area contributed by atoms with E-state index in [0.717, 1.165) is 29.8 Å². The van der Waals surface area contributed by atoms with E-state index in [4.69, 9.17) is 4.42 Å². The molecular formula is C11H14N2O. The van der Waals surface area contributed by atoms with Gasteiger partial charge in [-0.25, -0.2) is 4.98 Å². The Hall–Kier alpha value is -1.51. The number of nitrogens with one attached hydrogen (secondary N) is 1. The summed E-state index contributed by atoms with van der Waals surface area (Å²) >= 11 is 0. The fraction of sp³-hybridized carbons (Fsp3) is 0.364. The van der Waals surface area contributed by atoms with E-state index in [1.165, 1.54) is 0 Å². The highest BCUT2D eigenvalue weighted by atomic mass is 16.3. The number of aryl methyl sites for hydroxylation is 1. The molecule has 0 aliphatic heterocycles. The highest BCUT2D eigenvalue weighted by molar-refractivity contribution is 5.77. The van der Waals surface area contributed by atoms with Crippen LogP contribution in [-0.4, -0.2) is 11.5 Å². The Morgan fingerprint density at radius 2 is 2.29 bits per heavy atom. The second-order valence-electron chi connectivity index (χ2n) is 3.34. The fourth-order valence-electron chi connectivity index (χ4n) is 1.42. The minimum Gasteiger partial charge on any atom is -0.441 e. The molecule has 1 heterocycles. The molecule has 74 valence electrons. The smallest absolute Gasteiger partial charge is 0.192 e. The van der Waals surface area contributed by atoms with Gasteiger partial charge < -0.3 is 9.73 Å². The molecule has 3 heteroatoms. The van der Waals surface area contributed by atoms with Crippen molar-refractivity contribution >= 4 is 16.8 Å². The summed E-state index contributed by atoms with van der Waals surface area (Å²) in [6.45, 7) is 4.99. The topological polar surface area (TPSA) is 38.1 Å². The lowest BCUT2D eigenvalue weighted by molar-refractivity contribution is 0.561. The largest absolute Gasteiger partial charge is 0.441 e. The van der Waals surface area contributed by atoms with E-state index in [0.29, 0.717) is 5.89 Å². The third-order valence-corrected chi connectivity index (χ3v) is 2.07. The van der Waals surface area contributed by atoms with Crippen molar-refractivity contribution in [1.29, 1.82) is 0 Å². The van der Waals surface area contributed by atoms with Crippen molar-refractivity contribution in [3.63, 3.8) is 0 Å². The summed E-state index contributed by atoms with van der Waals surface area (Å²) in [4.78, 5) is 4.28. The molecule has 0 saturated heterocycles. The van der Waals surface area contributed by atoms with Gasteiger partial charge in [0.1, 0.15) is 5.52 Å². The van der Waals surface area contributed by atoms with Gasteiger partial charge in [0.25, 0.3) is 0 Å². The van der Waals surface area contributed by atoms with Crippen LogP contribution < -0.4 is 5.32 Å². The highest BCUT2D eigenvalue weighted by Gasteiger charge is 2.01. The first-order chi connectivity index (χ1) is 6.79. The van der Waals surface area contributed by atoms with Crippen molar-refractivity contribution in [2.24, 2.45) is 0 Å². The first-order valence-corrected chi connectivity index (χ1v) is 4.90. The maximum absolute atomic E-state index is 5.39. The number of fused-ring (bicyclic) bond motifs is 1. The first kappa shape index (κ1) is 9.06. The van der Waals surface area contributed by atoms with E-state index in [-0.39, 0.29) is 0 Å². The van der Waals surface area contributed by atoms with Crippen LogP contribution in [0.25, 0.3) is 11.1 Å². The fourth-order valence-corrected chi connectivity index (χ4v) is 1.42. The zero-order chi connectivity index (χ0) is 9.97. The predicted octanol–water partition coefficient (Wildman–Crippen LogP) is 2.96. The van der Waals surface area contributed by atoms with Crippen LogP contribution in [0, 0.1) is 6.92 Å². The second-order valence-corrected chi connectivity index (χ2v) is 3.34. The van der Waals surface area contributed by atoms with E-state index in [2.05, 4.69) is 17.2 Å². The lowest BCUT2D eigenvalue weighted by Crippen LogP contribution is -1.98. The minimum absolute atomic E-state index is 0.715. The predicted molar refractivity (Wildman–Crippen MR) is 57.5 cm³/mol. The summed E-state index contributed by atoms with van der Waals surface area (Å²) in [7, 11) is 0. The normalized spacial score (nSPS) is 10.7. The zero-order valence-corrected chi connectivity index (χ0v) is 8.50. The summed E-state index contributed by atoms with van der Waals surface area (Å²) in [5, 5.41) is 3.31. The first-order valence-electron chi connectivity index (χ1n) is 4.90. The van der Waals surface area contributed by atoms with Gasteiger partial charge in [-0.15, -0.1) is 0 Å². The summed E-state index contributed by atoms with van der Waals surface area (Å²) < 4.78 is 5.39. The zero-order valence-electron chi connectivity index (χ0n) is 8.50. The average Bonchev–Trinajstić information content (AvgIpc) is 2.54. The van der Waals surface area contributed by atoms with Crippen molar-refractivity contribution in [2.75, 3.05) is 11.9 Å². The minimum atomic E-state index is 0.715. The Morgan fingerprint density at radius 1 is 1.43 bits per heavy atom. The molecule has 0 aliphatic carbocycles. The molecule has 2 rings (SSSR count). The number of nitrogens with zero attached hydrogens (tertiary/aromatic N) is 1. The Kier molecular flexibility index (Phi) is 2.39. The van der Waals surface area contributed by atoms with Crippen molar-refractivity contribution in [1.82, 2.24) is 4.98 Å². The van der Waals surface area contributed by atoms with Crippen LogP contribution in [0.1, 0.15) is 19.2 Å². The molecule has 0 bridgehead atoms. The molecular weight excluding hydrogens is 176 g/mol. The Morgan fingerprint density at radius 3 is 3.07 bits per heavy atom. The molecule has 0 amide bonds. The Bertz CT molecular complexity index is 434. The number of aromatic nitrogens is 1. The molecule has 0 saturated carbocycles. The van der Waals surface area contributed by atoms with Crippen LogP contribution in [-0.2, 0) is 0 Å².